The van der Waals surface area contributed by atoms with Crippen LogP contribution in [0.1, 0.15) is 56.4 Å². The lowest BCUT2D eigenvalue weighted by molar-refractivity contribution is 0.150. The van der Waals surface area contributed by atoms with Crippen molar-refractivity contribution in [1.82, 2.24) is 15.5 Å². The van der Waals surface area contributed by atoms with E-state index in [9.17, 15) is 0 Å². The fourth-order valence-electron chi connectivity index (χ4n) is 5.41. The van der Waals surface area contributed by atoms with Gasteiger partial charge in [0.1, 0.15) is 0 Å². The number of hydrogen-bond donors (Lipinski definition) is 2. The van der Waals surface area contributed by atoms with Crippen molar-refractivity contribution in [1.29, 1.82) is 0 Å². The lowest BCUT2D eigenvalue weighted by Crippen LogP contribution is -2.50. The Balaban J connectivity index is 0.00000272. The van der Waals surface area contributed by atoms with Crippen LogP contribution in [0.2, 0.25) is 0 Å². The largest absolute Gasteiger partial charge is 0.381 e. The lowest BCUT2D eigenvalue weighted by atomic mass is 9.79. The molecule has 31 heavy (non-hydrogen) atoms. The van der Waals surface area contributed by atoms with E-state index in [0.29, 0.717) is 6.04 Å². The molecule has 1 aromatic rings. The highest BCUT2D eigenvalue weighted by Gasteiger charge is 2.25. The summed E-state index contributed by atoms with van der Waals surface area (Å²) in [5.41, 5.74) is 1.52. The molecule has 5 nitrogen and oxygen atoms in total. The summed E-state index contributed by atoms with van der Waals surface area (Å²) >= 11 is 0. The van der Waals surface area contributed by atoms with Crippen LogP contribution < -0.4 is 10.6 Å². The zero-order valence-electron chi connectivity index (χ0n) is 19.1. The van der Waals surface area contributed by atoms with Gasteiger partial charge in [-0.25, -0.2) is 0 Å². The molecule has 1 unspecified atom stereocenters. The number of benzene rings is 1. The Bertz CT molecular complexity index is 649. The molecule has 2 N–H and O–H groups in total. The molecular weight excluding hydrogens is 499 g/mol. The fraction of sp³-hybridized carbons (Fsp3) is 0.720. The van der Waals surface area contributed by atoms with Gasteiger partial charge in [0, 0.05) is 45.9 Å². The van der Waals surface area contributed by atoms with Crippen molar-refractivity contribution in [3.05, 3.63) is 35.9 Å². The highest BCUT2D eigenvalue weighted by Crippen LogP contribution is 2.35. The van der Waals surface area contributed by atoms with Crippen LogP contribution in [0, 0.1) is 11.8 Å². The molecule has 0 amide bonds. The molecule has 4 rings (SSSR count). The monoisotopic (exact) mass is 540 g/mol. The normalized spacial score (nSPS) is 28.2. The predicted molar refractivity (Wildman–Crippen MR) is 139 cm³/mol. The van der Waals surface area contributed by atoms with E-state index in [2.05, 4.69) is 50.9 Å². The summed E-state index contributed by atoms with van der Waals surface area (Å²) in [4.78, 5) is 7.12. The summed E-state index contributed by atoms with van der Waals surface area (Å²) in [5.74, 6) is 3.25. The standard InChI is InChI=1S/C25H40N4O.HI/c1-26-25(28-24-11-14-29(15-12-24)18-21-13-16-30-19-21)27-17-20-7-9-23(10-8-20)22-5-3-2-4-6-22;/h2-6,20-21,23-24H,7-19H2,1H3,(H2,26,27,28);1H. The number of nitrogens with zero attached hydrogens (tertiary/aromatic N) is 2. The first-order valence-electron chi connectivity index (χ1n) is 12.1. The number of piperidine rings is 1. The summed E-state index contributed by atoms with van der Waals surface area (Å²) in [6, 6.07) is 11.6. The summed E-state index contributed by atoms with van der Waals surface area (Å²) in [6.45, 7) is 6.55. The summed E-state index contributed by atoms with van der Waals surface area (Å²) < 4.78 is 5.53. The van der Waals surface area contributed by atoms with Crippen LogP contribution in [0.5, 0.6) is 0 Å². The maximum absolute atomic E-state index is 5.53. The Morgan fingerprint density at radius 2 is 1.74 bits per heavy atom. The van der Waals surface area contributed by atoms with Gasteiger partial charge in [-0.15, -0.1) is 24.0 Å². The van der Waals surface area contributed by atoms with E-state index < -0.39 is 0 Å². The van der Waals surface area contributed by atoms with Gasteiger partial charge in [0.05, 0.1) is 6.61 Å². The minimum Gasteiger partial charge on any atom is -0.381 e. The van der Waals surface area contributed by atoms with Crippen LogP contribution in [0.4, 0.5) is 0 Å². The Morgan fingerprint density at radius 1 is 1.00 bits per heavy atom. The molecule has 3 fully saturated rings. The molecule has 3 aliphatic rings. The number of nitrogens with one attached hydrogen (secondary N) is 2. The lowest BCUT2D eigenvalue weighted by Gasteiger charge is -2.34. The van der Waals surface area contributed by atoms with E-state index in [-0.39, 0.29) is 24.0 Å². The molecule has 2 aliphatic heterocycles. The minimum atomic E-state index is 0. The molecule has 174 valence electrons. The highest BCUT2D eigenvalue weighted by molar-refractivity contribution is 14.0. The van der Waals surface area contributed by atoms with E-state index in [4.69, 9.17) is 4.74 Å². The van der Waals surface area contributed by atoms with Gasteiger partial charge in [-0.2, -0.15) is 0 Å². The van der Waals surface area contributed by atoms with Gasteiger partial charge in [0.25, 0.3) is 0 Å². The molecular formula is C25H41IN4O. The molecule has 1 aromatic carbocycles. The van der Waals surface area contributed by atoms with Crippen molar-refractivity contribution < 1.29 is 4.74 Å². The Hall–Kier alpha value is -0.860. The van der Waals surface area contributed by atoms with Crippen LogP contribution in [-0.2, 0) is 4.74 Å². The van der Waals surface area contributed by atoms with Crippen LogP contribution in [-0.4, -0.2) is 63.3 Å². The quantitative estimate of drug-likeness (QED) is 0.322. The highest BCUT2D eigenvalue weighted by atomic mass is 127. The van der Waals surface area contributed by atoms with Crippen molar-refractivity contribution >= 4 is 29.9 Å². The third kappa shape index (κ3) is 7.60. The van der Waals surface area contributed by atoms with Gasteiger partial charge < -0.3 is 20.3 Å². The first-order chi connectivity index (χ1) is 14.8. The molecule has 2 saturated heterocycles. The van der Waals surface area contributed by atoms with E-state index in [1.54, 1.807) is 0 Å². The van der Waals surface area contributed by atoms with Crippen LogP contribution in [0.25, 0.3) is 0 Å². The maximum Gasteiger partial charge on any atom is 0.191 e. The zero-order chi connectivity index (χ0) is 20.6. The van der Waals surface area contributed by atoms with Crippen molar-refractivity contribution in [2.45, 2.75) is 56.9 Å². The van der Waals surface area contributed by atoms with Gasteiger partial charge in [-0.1, -0.05) is 30.3 Å². The third-order valence-corrected chi connectivity index (χ3v) is 7.37. The number of halogens is 1. The van der Waals surface area contributed by atoms with E-state index in [1.165, 1.54) is 70.1 Å². The molecule has 1 aliphatic carbocycles. The topological polar surface area (TPSA) is 48.9 Å². The smallest absolute Gasteiger partial charge is 0.191 e. The number of rotatable bonds is 6. The average Bonchev–Trinajstić information content (AvgIpc) is 3.32. The van der Waals surface area contributed by atoms with Gasteiger partial charge in [0.2, 0.25) is 0 Å². The molecule has 2 heterocycles. The molecule has 1 saturated carbocycles. The number of guanidine groups is 1. The maximum atomic E-state index is 5.53. The molecule has 1 atom stereocenters. The number of likely N-dealkylation sites (tertiary alicyclic amines) is 1. The molecule has 0 bridgehead atoms. The minimum absolute atomic E-state index is 0. The zero-order valence-corrected chi connectivity index (χ0v) is 21.4. The van der Waals surface area contributed by atoms with Crippen LogP contribution in [0.15, 0.2) is 35.3 Å². The molecule has 0 radical (unpaired) electrons. The van der Waals surface area contributed by atoms with Crippen LogP contribution >= 0.6 is 24.0 Å². The number of ether oxygens (including phenoxy) is 1. The first-order valence-corrected chi connectivity index (χ1v) is 12.1. The number of hydrogen-bond acceptors (Lipinski definition) is 3. The second-order valence-corrected chi connectivity index (χ2v) is 9.53. The molecule has 0 spiro atoms. The second kappa shape index (κ2) is 13.0. The van der Waals surface area contributed by atoms with Gasteiger partial charge in [0.15, 0.2) is 5.96 Å². The molecule has 0 aromatic heterocycles. The Morgan fingerprint density at radius 3 is 2.39 bits per heavy atom. The van der Waals surface area contributed by atoms with E-state index in [0.717, 1.165) is 43.5 Å². The Labute approximate surface area is 205 Å². The summed E-state index contributed by atoms with van der Waals surface area (Å²) in [5, 5.41) is 7.30. The van der Waals surface area contributed by atoms with E-state index >= 15 is 0 Å². The number of aliphatic imine (C=N–C) groups is 1. The van der Waals surface area contributed by atoms with E-state index in [1.807, 2.05) is 7.05 Å². The van der Waals surface area contributed by atoms with Crippen molar-refractivity contribution in [2.75, 3.05) is 46.4 Å². The Kier molecular flexibility index (Phi) is 10.4. The summed E-state index contributed by atoms with van der Waals surface area (Å²) in [7, 11) is 1.90. The van der Waals surface area contributed by atoms with Crippen molar-refractivity contribution in [3.8, 4) is 0 Å². The summed E-state index contributed by atoms with van der Waals surface area (Å²) in [6.07, 6.45) is 8.90. The average molecular weight is 541 g/mol. The second-order valence-electron chi connectivity index (χ2n) is 9.53. The SMILES string of the molecule is CN=C(NCC1CCC(c2ccccc2)CC1)NC1CCN(CC2CCOC2)CC1.I. The first kappa shape index (κ1) is 24.8. The third-order valence-electron chi connectivity index (χ3n) is 7.37. The predicted octanol–water partition coefficient (Wildman–Crippen LogP) is 4.24. The van der Waals surface area contributed by atoms with Gasteiger partial charge in [-0.3, -0.25) is 4.99 Å². The van der Waals surface area contributed by atoms with Gasteiger partial charge >= 0.3 is 0 Å². The van der Waals surface area contributed by atoms with Crippen molar-refractivity contribution in [2.24, 2.45) is 16.8 Å². The fourth-order valence-corrected chi connectivity index (χ4v) is 5.41. The van der Waals surface area contributed by atoms with Crippen molar-refractivity contribution in [3.63, 3.8) is 0 Å². The van der Waals surface area contributed by atoms with Crippen LogP contribution in [0.3, 0.4) is 0 Å². The van der Waals surface area contributed by atoms with Gasteiger partial charge in [-0.05, 0) is 68.3 Å². The molecule has 6 heteroatoms.